The lowest BCUT2D eigenvalue weighted by Gasteiger charge is -2.23. The Balaban J connectivity index is 2.58. The number of fused-ring (bicyclic) bond motifs is 1. The number of nitrogens with zero attached hydrogens (tertiary/aromatic N) is 3. The lowest BCUT2D eigenvalue weighted by atomic mass is 10.1. The number of hydrogen-bond acceptors (Lipinski definition) is 4. The number of aryl methyl sites for hydroxylation is 3. The Hall–Kier alpha value is -2.57. The first-order chi connectivity index (χ1) is 10.3. The van der Waals surface area contributed by atoms with Crippen molar-refractivity contribution in [3.8, 4) is 0 Å². The summed E-state index contributed by atoms with van der Waals surface area (Å²) in [5.74, 6) is -2.14. The summed E-state index contributed by atoms with van der Waals surface area (Å²) in [5.41, 5.74) is 3.21. The molecule has 0 aliphatic heterocycles. The summed E-state index contributed by atoms with van der Waals surface area (Å²) in [7, 11) is 0. The molecule has 0 amide bonds. The van der Waals surface area contributed by atoms with E-state index in [0.717, 1.165) is 22.2 Å². The molecule has 1 heterocycles. The number of benzene rings is 1. The van der Waals surface area contributed by atoms with Crippen LogP contribution < -0.4 is 4.90 Å². The summed E-state index contributed by atoms with van der Waals surface area (Å²) in [5, 5.41) is 23.5. The SMILES string of the molecule is CCn1nc(C)c2cc(C)c(N(CC(=O)O)CC(=O)O)cc21. The molecule has 0 radical (unpaired) electrons. The maximum Gasteiger partial charge on any atom is 0.323 e. The van der Waals surface area contributed by atoms with Gasteiger partial charge in [0.25, 0.3) is 0 Å². The summed E-state index contributed by atoms with van der Waals surface area (Å²) in [6, 6.07) is 3.75. The van der Waals surface area contributed by atoms with Crippen molar-refractivity contribution in [1.29, 1.82) is 0 Å². The van der Waals surface area contributed by atoms with E-state index in [1.807, 2.05) is 37.6 Å². The second-order valence-corrected chi connectivity index (χ2v) is 5.20. The molecule has 118 valence electrons. The number of carbonyl (C=O) groups is 2. The number of rotatable bonds is 6. The van der Waals surface area contributed by atoms with Gasteiger partial charge in [-0.25, -0.2) is 0 Å². The van der Waals surface area contributed by atoms with Gasteiger partial charge in [0, 0.05) is 17.6 Å². The van der Waals surface area contributed by atoms with Crippen LogP contribution in [0.5, 0.6) is 0 Å². The second kappa shape index (κ2) is 6.05. The molecule has 0 unspecified atom stereocenters. The molecule has 0 saturated heterocycles. The molecule has 0 aliphatic carbocycles. The predicted molar refractivity (Wildman–Crippen MR) is 82.4 cm³/mol. The number of carboxylic acids is 2. The van der Waals surface area contributed by atoms with E-state index in [0.29, 0.717) is 12.2 Å². The standard InChI is InChI=1S/C15H19N3O4/c1-4-18-13-6-12(9(2)5-11(13)10(3)16-18)17(7-14(19)20)8-15(21)22/h5-6H,4,7-8H2,1-3H3,(H,19,20)(H,21,22). The molecule has 1 aromatic carbocycles. The Labute approximate surface area is 127 Å². The van der Waals surface area contributed by atoms with E-state index in [4.69, 9.17) is 10.2 Å². The highest BCUT2D eigenvalue weighted by atomic mass is 16.4. The van der Waals surface area contributed by atoms with Crippen LogP contribution in [0.3, 0.4) is 0 Å². The molecule has 1 aromatic heterocycles. The third kappa shape index (κ3) is 3.03. The van der Waals surface area contributed by atoms with Crippen molar-refractivity contribution in [3.05, 3.63) is 23.4 Å². The maximum atomic E-state index is 11.0. The molecular weight excluding hydrogens is 286 g/mol. The van der Waals surface area contributed by atoms with Crippen molar-refractivity contribution in [2.45, 2.75) is 27.3 Å². The van der Waals surface area contributed by atoms with Crippen LogP contribution in [-0.2, 0) is 16.1 Å². The van der Waals surface area contributed by atoms with E-state index in [-0.39, 0.29) is 13.1 Å². The molecule has 7 heteroatoms. The summed E-state index contributed by atoms with van der Waals surface area (Å²) >= 11 is 0. The molecule has 2 N–H and O–H groups in total. The molecule has 0 aliphatic rings. The fourth-order valence-electron chi connectivity index (χ4n) is 2.61. The quantitative estimate of drug-likeness (QED) is 0.842. The monoisotopic (exact) mass is 305 g/mol. The molecular formula is C15H19N3O4. The number of carboxylic acid groups (broad SMARTS) is 2. The first kappa shape index (κ1) is 15.8. The highest BCUT2D eigenvalue weighted by Gasteiger charge is 2.18. The van der Waals surface area contributed by atoms with E-state index in [1.165, 1.54) is 4.90 Å². The van der Waals surface area contributed by atoms with Gasteiger partial charge in [0.05, 0.1) is 11.2 Å². The predicted octanol–water partition coefficient (Wildman–Crippen LogP) is 1.65. The topological polar surface area (TPSA) is 95.7 Å². The molecule has 22 heavy (non-hydrogen) atoms. The van der Waals surface area contributed by atoms with E-state index in [9.17, 15) is 9.59 Å². The van der Waals surface area contributed by atoms with E-state index in [2.05, 4.69) is 5.10 Å². The van der Waals surface area contributed by atoms with Gasteiger partial charge in [-0.15, -0.1) is 0 Å². The van der Waals surface area contributed by atoms with Crippen LogP contribution in [0, 0.1) is 13.8 Å². The van der Waals surface area contributed by atoms with Gasteiger partial charge in [-0.05, 0) is 38.5 Å². The molecule has 0 saturated carbocycles. The van der Waals surface area contributed by atoms with Crippen LogP contribution in [0.1, 0.15) is 18.2 Å². The highest BCUT2D eigenvalue weighted by molar-refractivity contribution is 5.89. The number of hydrogen-bond donors (Lipinski definition) is 2. The zero-order chi connectivity index (χ0) is 16.4. The molecule has 2 rings (SSSR count). The minimum absolute atomic E-state index is 0.363. The third-order valence-corrected chi connectivity index (χ3v) is 3.55. The first-order valence-corrected chi connectivity index (χ1v) is 6.99. The van der Waals surface area contributed by atoms with Gasteiger partial charge in [0.15, 0.2) is 0 Å². The lowest BCUT2D eigenvalue weighted by molar-refractivity contribution is -0.136. The second-order valence-electron chi connectivity index (χ2n) is 5.20. The maximum absolute atomic E-state index is 11.0. The molecule has 7 nitrogen and oxygen atoms in total. The molecule has 0 fully saturated rings. The van der Waals surface area contributed by atoms with Gasteiger partial charge in [0.2, 0.25) is 0 Å². The van der Waals surface area contributed by atoms with Crippen LogP contribution >= 0.6 is 0 Å². The van der Waals surface area contributed by atoms with E-state index < -0.39 is 11.9 Å². The summed E-state index contributed by atoms with van der Waals surface area (Å²) in [4.78, 5) is 23.4. The van der Waals surface area contributed by atoms with Crippen molar-refractivity contribution < 1.29 is 19.8 Å². The van der Waals surface area contributed by atoms with Crippen LogP contribution in [0.2, 0.25) is 0 Å². The van der Waals surface area contributed by atoms with Crippen molar-refractivity contribution in [1.82, 2.24) is 9.78 Å². The average molecular weight is 305 g/mol. The lowest BCUT2D eigenvalue weighted by Crippen LogP contribution is -2.34. The van der Waals surface area contributed by atoms with Gasteiger partial charge < -0.3 is 15.1 Å². The highest BCUT2D eigenvalue weighted by Crippen LogP contribution is 2.28. The molecule has 0 atom stereocenters. The van der Waals surface area contributed by atoms with E-state index in [1.54, 1.807) is 0 Å². The zero-order valence-corrected chi connectivity index (χ0v) is 12.8. The average Bonchev–Trinajstić information content (AvgIpc) is 2.72. The largest absolute Gasteiger partial charge is 0.480 e. The van der Waals surface area contributed by atoms with Crippen LogP contribution in [0.15, 0.2) is 12.1 Å². The first-order valence-electron chi connectivity index (χ1n) is 6.99. The molecule has 0 spiro atoms. The normalized spacial score (nSPS) is 10.9. The Bertz CT molecular complexity index is 720. The zero-order valence-electron chi connectivity index (χ0n) is 12.8. The van der Waals surface area contributed by atoms with Gasteiger partial charge in [-0.2, -0.15) is 5.10 Å². The van der Waals surface area contributed by atoms with Crippen LogP contribution in [-0.4, -0.2) is 45.0 Å². The Morgan fingerprint density at radius 3 is 2.27 bits per heavy atom. The minimum Gasteiger partial charge on any atom is -0.480 e. The van der Waals surface area contributed by atoms with Gasteiger partial charge in [-0.1, -0.05) is 0 Å². The van der Waals surface area contributed by atoms with Gasteiger partial charge in [-0.3, -0.25) is 14.3 Å². The van der Waals surface area contributed by atoms with E-state index >= 15 is 0 Å². The summed E-state index contributed by atoms with van der Waals surface area (Å²) < 4.78 is 1.83. The number of aromatic nitrogens is 2. The third-order valence-electron chi connectivity index (χ3n) is 3.55. The molecule has 2 aromatic rings. The van der Waals surface area contributed by atoms with Crippen molar-refractivity contribution in [2.75, 3.05) is 18.0 Å². The van der Waals surface area contributed by atoms with Crippen molar-refractivity contribution >= 4 is 28.5 Å². The number of anilines is 1. The fraction of sp³-hybridized carbons (Fsp3) is 0.400. The van der Waals surface area contributed by atoms with Crippen molar-refractivity contribution in [2.24, 2.45) is 0 Å². The minimum atomic E-state index is -1.07. The summed E-state index contributed by atoms with van der Waals surface area (Å²) in [6.07, 6.45) is 0. The molecule has 0 bridgehead atoms. The van der Waals surface area contributed by atoms with Crippen molar-refractivity contribution in [3.63, 3.8) is 0 Å². The van der Waals surface area contributed by atoms with Crippen LogP contribution in [0.4, 0.5) is 5.69 Å². The van der Waals surface area contributed by atoms with Gasteiger partial charge >= 0.3 is 11.9 Å². The number of aliphatic carboxylic acids is 2. The fourth-order valence-corrected chi connectivity index (χ4v) is 2.61. The van der Waals surface area contributed by atoms with Crippen LogP contribution in [0.25, 0.3) is 10.9 Å². The van der Waals surface area contributed by atoms with Gasteiger partial charge in [0.1, 0.15) is 13.1 Å². The smallest absolute Gasteiger partial charge is 0.323 e. The Morgan fingerprint density at radius 2 is 1.77 bits per heavy atom. The Kier molecular flexibility index (Phi) is 4.35. The summed E-state index contributed by atoms with van der Waals surface area (Å²) in [6.45, 7) is 5.69. The Morgan fingerprint density at radius 1 is 1.18 bits per heavy atom.